The summed E-state index contributed by atoms with van der Waals surface area (Å²) in [6, 6.07) is 14.2. The maximum Gasteiger partial charge on any atom is 0.118 e. The average Bonchev–Trinajstić information content (AvgIpc) is 2.90. The first kappa shape index (κ1) is 14.9. The van der Waals surface area contributed by atoms with E-state index in [1.54, 1.807) is 7.11 Å². The molecule has 0 bridgehead atoms. The van der Waals surface area contributed by atoms with Crippen molar-refractivity contribution in [1.82, 2.24) is 9.78 Å². The van der Waals surface area contributed by atoms with Gasteiger partial charge in [-0.1, -0.05) is 40.2 Å². The minimum Gasteiger partial charge on any atom is -0.497 e. The van der Waals surface area contributed by atoms with Gasteiger partial charge in [-0.25, -0.2) is 0 Å². The largest absolute Gasteiger partial charge is 0.497 e. The molecule has 22 heavy (non-hydrogen) atoms. The zero-order chi connectivity index (χ0) is 15.7. The number of aromatic nitrogens is 2. The van der Waals surface area contributed by atoms with Crippen molar-refractivity contribution in [3.63, 3.8) is 0 Å². The minimum atomic E-state index is 0.00424. The fourth-order valence-electron chi connectivity index (χ4n) is 2.65. The van der Waals surface area contributed by atoms with E-state index in [0.29, 0.717) is 0 Å². The molecular weight excluding hydrogens is 340 g/mol. The molecule has 3 nitrogen and oxygen atoms in total. The Labute approximate surface area is 138 Å². The van der Waals surface area contributed by atoms with Crippen molar-refractivity contribution >= 4 is 26.8 Å². The van der Waals surface area contributed by atoms with E-state index in [2.05, 4.69) is 51.9 Å². The van der Waals surface area contributed by atoms with E-state index in [0.717, 1.165) is 32.3 Å². The van der Waals surface area contributed by atoms with Gasteiger partial charge < -0.3 is 4.74 Å². The summed E-state index contributed by atoms with van der Waals surface area (Å²) in [6.07, 6.45) is 1.89. The Morgan fingerprint density at radius 1 is 1.23 bits per heavy atom. The summed E-state index contributed by atoms with van der Waals surface area (Å²) < 4.78 is 8.30. The Bertz CT molecular complexity index is 821. The van der Waals surface area contributed by atoms with Crippen molar-refractivity contribution in [2.24, 2.45) is 0 Å². The van der Waals surface area contributed by atoms with Crippen molar-refractivity contribution in [1.29, 1.82) is 0 Å². The summed E-state index contributed by atoms with van der Waals surface area (Å²) in [5.41, 5.74) is 3.27. The fourth-order valence-corrected chi connectivity index (χ4v) is 3.03. The number of fused-ring (bicyclic) bond motifs is 1. The van der Waals surface area contributed by atoms with Crippen molar-refractivity contribution in [2.75, 3.05) is 7.11 Å². The normalized spacial score (nSPS) is 12.3. The van der Waals surface area contributed by atoms with Gasteiger partial charge in [0.15, 0.2) is 0 Å². The van der Waals surface area contributed by atoms with Gasteiger partial charge in [-0.05, 0) is 42.8 Å². The zero-order valence-corrected chi connectivity index (χ0v) is 14.2. The fraction of sp³-hybridized carbons (Fsp3) is 0.167. The van der Waals surface area contributed by atoms with Crippen molar-refractivity contribution in [3.8, 4) is 5.75 Å². The van der Waals surface area contributed by atoms with Crippen LogP contribution in [0, 0.1) is 0 Å². The van der Waals surface area contributed by atoms with Gasteiger partial charge in [0.1, 0.15) is 5.75 Å². The van der Waals surface area contributed by atoms with Gasteiger partial charge in [0, 0.05) is 9.86 Å². The molecule has 0 N–H and O–H groups in total. The standard InChI is InChI=1S/C18H17BrN2O/c1-12(2)18(13-4-7-16(22-3)8-5-13)21-17-9-6-15(19)10-14(17)11-20-21/h4-11,18H,1H2,2-3H3. The molecule has 1 aromatic heterocycles. The number of nitrogens with zero attached hydrogens (tertiary/aromatic N) is 2. The number of benzene rings is 2. The van der Waals surface area contributed by atoms with Crippen LogP contribution < -0.4 is 4.74 Å². The Morgan fingerprint density at radius 3 is 2.59 bits per heavy atom. The van der Waals surface area contributed by atoms with E-state index in [-0.39, 0.29) is 6.04 Å². The summed E-state index contributed by atoms with van der Waals surface area (Å²) >= 11 is 3.50. The molecule has 0 fully saturated rings. The van der Waals surface area contributed by atoms with Crippen LogP contribution in [-0.2, 0) is 0 Å². The first-order valence-corrected chi connectivity index (χ1v) is 7.81. The lowest BCUT2D eigenvalue weighted by Gasteiger charge is -2.20. The van der Waals surface area contributed by atoms with Crippen molar-refractivity contribution in [3.05, 3.63) is 70.8 Å². The summed E-state index contributed by atoms with van der Waals surface area (Å²) in [5, 5.41) is 5.69. The molecule has 0 saturated heterocycles. The highest BCUT2D eigenvalue weighted by Crippen LogP contribution is 2.30. The first-order valence-electron chi connectivity index (χ1n) is 7.02. The maximum absolute atomic E-state index is 5.23. The highest BCUT2D eigenvalue weighted by atomic mass is 79.9. The van der Waals surface area contributed by atoms with Gasteiger partial charge in [0.25, 0.3) is 0 Å². The van der Waals surface area contributed by atoms with Crippen LogP contribution in [-0.4, -0.2) is 16.9 Å². The van der Waals surface area contributed by atoms with Crippen LogP contribution in [0.4, 0.5) is 0 Å². The van der Waals surface area contributed by atoms with Gasteiger partial charge in [0.2, 0.25) is 0 Å². The number of hydrogen-bond donors (Lipinski definition) is 0. The Hall–Kier alpha value is -2.07. The SMILES string of the molecule is C=C(C)C(c1ccc(OC)cc1)n1ncc2cc(Br)ccc21. The predicted octanol–water partition coefficient (Wildman–Crippen LogP) is 4.97. The lowest BCUT2D eigenvalue weighted by atomic mass is 10.0. The maximum atomic E-state index is 5.23. The lowest BCUT2D eigenvalue weighted by molar-refractivity contribution is 0.414. The molecule has 1 atom stereocenters. The quantitative estimate of drug-likeness (QED) is 0.616. The van der Waals surface area contributed by atoms with Crippen molar-refractivity contribution < 1.29 is 4.74 Å². The van der Waals surface area contributed by atoms with E-state index >= 15 is 0 Å². The number of hydrogen-bond acceptors (Lipinski definition) is 2. The number of ether oxygens (including phenoxy) is 1. The molecule has 2 aromatic carbocycles. The van der Waals surface area contributed by atoms with E-state index < -0.39 is 0 Å². The second-order valence-electron chi connectivity index (χ2n) is 5.31. The summed E-state index contributed by atoms with van der Waals surface area (Å²) in [4.78, 5) is 0. The lowest BCUT2D eigenvalue weighted by Crippen LogP contribution is -2.13. The van der Waals surface area contributed by atoms with Crippen LogP contribution in [0.1, 0.15) is 18.5 Å². The second kappa shape index (κ2) is 5.97. The van der Waals surface area contributed by atoms with E-state index in [1.807, 2.05) is 36.0 Å². The van der Waals surface area contributed by atoms with Crippen molar-refractivity contribution in [2.45, 2.75) is 13.0 Å². The molecular formula is C18H17BrN2O. The smallest absolute Gasteiger partial charge is 0.118 e. The molecule has 0 aliphatic heterocycles. The van der Waals surface area contributed by atoms with E-state index in [9.17, 15) is 0 Å². The third-order valence-corrected chi connectivity index (χ3v) is 4.19. The molecule has 0 saturated carbocycles. The van der Waals surface area contributed by atoms with E-state index in [1.165, 1.54) is 0 Å². The zero-order valence-electron chi connectivity index (χ0n) is 12.6. The molecule has 1 unspecified atom stereocenters. The molecule has 1 heterocycles. The van der Waals surface area contributed by atoms with Crippen LogP contribution in [0.25, 0.3) is 10.9 Å². The molecule has 4 heteroatoms. The van der Waals surface area contributed by atoms with Crippen LogP contribution in [0.3, 0.4) is 0 Å². The van der Waals surface area contributed by atoms with Gasteiger partial charge in [-0.3, -0.25) is 4.68 Å². The number of rotatable bonds is 4. The number of halogens is 1. The van der Waals surface area contributed by atoms with Crippen LogP contribution in [0.5, 0.6) is 5.75 Å². The molecule has 0 aliphatic rings. The molecule has 112 valence electrons. The second-order valence-corrected chi connectivity index (χ2v) is 6.23. The summed E-state index contributed by atoms with van der Waals surface area (Å²) in [7, 11) is 1.67. The third kappa shape index (κ3) is 2.66. The Balaban J connectivity index is 2.11. The molecule has 0 amide bonds. The minimum absolute atomic E-state index is 0.00424. The van der Waals surface area contributed by atoms with Gasteiger partial charge in [-0.2, -0.15) is 5.10 Å². The predicted molar refractivity (Wildman–Crippen MR) is 93.4 cm³/mol. The molecule has 0 spiro atoms. The topological polar surface area (TPSA) is 27.1 Å². The first-order chi connectivity index (χ1) is 10.6. The van der Waals surface area contributed by atoms with Gasteiger partial charge in [0.05, 0.1) is 24.9 Å². The molecule has 3 aromatic rings. The van der Waals surface area contributed by atoms with Gasteiger partial charge >= 0.3 is 0 Å². The summed E-state index contributed by atoms with van der Waals surface area (Å²) in [6.45, 7) is 6.18. The number of allylic oxidation sites excluding steroid dienone is 1. The van der Waals surface area contributed by atoms with Crippen LogP contribution in [0.15, 0.2) is 65.3 Å². The van der Waals surface area contributed by atoms with Crippen LogP contribution >= 0.6 is 15.9 Å². The Kier molecular flexibility index (Phi) is 4.03. The average molecular weight is 357 g/mol. The number of methoxy groups -OCH3 is 1. The molecule has 3 rings (SSSR count). The molecule has 0 radical (unpaired) electrons. The monoisotopic (exact) mass is 356 g/mol. The van der Waals surface area contributed by atoms with Crippen LogP contribution in [0.2, 0.25) is 0 Å². The van der Waals surface area contributed by atoms with E-state index in [4.69, 9.17) is 4.74 Å². The van der Waals surface area contributed by atoms with Gasteiger partial charge in [-0.15, -0.1) is 0 Å². The highest BCUT2D eigenvalue weighted by Gasteiger charge is 2.18. The summed E-state index contributed by atoms with van der Waals surface area (Å²) in [5.74, 6) is 0.846. The highest BCUT2D eigenvalue weighted by molar-refractivity contribution is 9.10. The Morgan fingerprint density at radius 2 is 1.95 bits per heavy atom. The third-order valence-electron chi connectivity index (χ3n) is 3.70. The molecule has 0 aliphatic carbocycles.